The Hall–Kier alpha value is 0.0169. The highest BCUT2D eigenvalue weighted by Gasteiger charge is 2.44. The number of hydrogen-bond donors (Lipinski definition) is 1. The Bertz CT molecular complexity index is 96.7. The predicted octanol–water partition coefficient (Wildman–Crippen LogP) is 0.422. The lowest BCUT2D eigenvalue weighted by atomic mass is 10.9. The van der Waals surface area contributed by atoms with Crippen molar-refractivity contribution in [1.82, 2.24) is 0 Å². The van der Waals surface area contributed by atoms with E-state index in [9.17, 15) is 0 Å². The highest BCUT2D eigenvalue weighted by atomic mass is 28.4. The highest BCUT2D eigenvalue weighted by molar-refractivity contribution is 6.53. The molecular formula is C6H17NO4Si. The fourth-order valence-corrected chi connectivity index (χ4v) is 2.27. The molecule has 0 aromatic carbocycles. The fraction of sp³-hybridized carbons (Fsp3) is 1.00. The van der Waals surface area contributed by atoms with E-state index in [1.165, 1.54) is 0 Å². The van der Waals surface area contributed by atoms with E-state index in [0.717, 1.165) is 0 Å². The Balaban J connectivity index is 4.06. The van der Waals surface area contributed by atoms with Crippen LogP contribution >= 0.6 is 0 Å². The predicted molar refractivity (Wildman–Crippen MR) is 45.9 cm³/mol. The molecule has 0 rings (SSSR count). The monoisotopic (exact) mass is 195 g/mol. The van der Waals surface area contributed by atoms with E-state index in [4.69, 9.17) is 19.2 Å². The molecule has 0 aliphatic rings. The molecule has 2 N–H and O–H groups in total. The van der Waals surface area contributed by atoms with E-state index in [2.05, 4.69) is 4.53 Å². The summed E-state index contributed by atoms with van der Waals surface area (Å²) in [5.41, 5.74) is 0. The van der Waals surface area contributed by atoms with Crippen molar-refractivity contribution in [3.8, 4) is 0 Å². The van der Waals surface area contributed by atoms with Crippen molar-refractivity contribution in [1.29, 1.82) is 0 Å². The van der Waals surface area contributed by atoms with Crippen LogP contribution in [0.3, 0.4) is 0 Å². The third-order valence-electron chi connectivity index (χ3n) is 1.11. The molecule has 0 atom stereocenters. The second-order valence-electron chi connectivity index (χ2n) is 1.92. The molecule has 0 saturated carbocycles. The van der Waals surface area contributed by atoms with Gasteiger partial charge in [0.05, 0.1) is 0 Å². The molecule has 0 aromatic heterocycles. The van der Waals surface area contributed by atoms with Crippen molar-refractivity contribution in [3.05, 3.63) is 0 Å². The smallest absolute Gasteiger partial charge is 0.351 e. The fourth-order valence-electron chi connectivity index (χ4n) is 0.757. The maximum atomic E-state index is 5.21. The van der Waals surface area contributed by atoms with Gasteiger partial charge in [-0.3, -0.25) is 4.53 Å². The summed E-state index contributed by atoms with van der Waals surface area (Å²) in [6.45, 7) is 6.88. The minimum atomic E-state index is -2.99. The second kappa shape index (κ2) is 6.52. The number of nitrogens with two attached hydrogens (primary N) is 1. The minimum Gasteiger partial charge on any atom is -0.351 e. The van der Waals surface area contributed by atoms with Gasteiger partial charge in [-0.25, -0.2) is 5.90 Å². The van der Waals surface area contributed by atoms with Gasteiger partial charge in [-0.1, -0.05) is 0 Å². The molecule has 74 valence electrons. The Labute approximate surface area is 74.2 Å². The van der Waals surface area contributed by atoms with Crippen LogP contribution in [0.15, 0.2) is 0 Å². The summed E-state index contributed by atoms with van der Waals surface area (Å²) in [5, 5.41) is 0. The minimum absolute atomic E-state index is 0.462. The van der Waals surface area contributed by atoms with Crippen molar-refractivity contribution in [3.63, 3.8) is 0 Å². The van der Waals surface area contributed by atoms with Crippen LogP contribution in [0.1, 0.15) is 20.8 Å². The second-order valence-corrected chi connectivity index (χ2v) is 4.02. The largest absolute Gasteiger partial charge is 0.696 e. The van der Waals surface area contributed by atoms with Gasteiger partial charge in [-0.05, 0) is 20.8 Å². The molecule has 6 heteroatoms. The zero-order valence-corrected chi connectivity index (χ0v) is 8.83. The summed E-state index contributed by atoms with van der Waals surface area (Å²) >= 11 is 0. The maximum absolute atomic E-state index is 5.21. The summed E-state index contributed by atoms with van der Waals surface area (Å²) < 4.78 is 20.3. The molecule has 0 radical (unpaired) electrons. The number of rotatable bonds is 7. The molecule has 0 amide bonds. The topological polar surface area (TPSA) is 62.9 Å². The molecule has 12 heavy (non-hydrogen) atoms. The molecule has 0 bridgehead atoms. The van der Waals surface area contributed by atoms with E-state index in [1.807, 2.05) is 20.8 Å². The van der Waals surface area contributed by atoms with Crippen LogP contribution in [0.4, 0.5) is 0 Å². The molecular weight excluding hydrogens is 178 g/mol. The summed E-state index contributed by atoms with van der Waals surface area (Å²) in [6, 6.07) is 0. The van der Waals surface area contributed by atoms with Crippen LogP contribution in [-0.4, -0.2) is 28.9 Å². The third-order valence-corrected chi connectivity index (χ3v) is 3.32. The van der Waals surface area contributed by atoms with Crippen molar-refractivity contribution in [2.24, 2.45) is 5.90 Å². The van der Waals surface area contributed by atoms with Gasteiger partial charge in [-0.2, -0.15) is 0 Å². The lowest BCUT2D eigenvalue weighted by Gasteiger charge is -2.23. The van der Waals surface area contributed by atoms with Gasteiger partial charge in [0, 0.05) is 19.8 Å². The first kappa shape index (κ1) is 12.0. The first-order chi connectivity index (χ1) is 5.74. The summed E-state index contributed by atoms with van der Waals surface area (Å²) in [5.74, 6) is 5.05. The standard InChI is InChI=1S/C6H17NO4Si/c1-4-8-12(11-7,9-5-2)10-6-3/h4-7H2,1-3H3. The normalized spacial score (nSPS) is 12.0. The van der Waals surface area contributed by atoms with Gasteiger partial charge >= 0.3 is 9.05 Å². The molecule has 0 unspecified atom stereocenters. The van der Waals surface area contributed by atoms with Gasteiger partial charge in [0.25, 0.3) is 0 Å². The van der Waals surface area contributed by atoms with Gasteiger partial charge in [0.2, 0.25) is 0 Å². The van der Waals surface area contributed by atoms with Crippen molar-refractivity contribution >= 4 is 9.05 Å². The molecule has 0 aliphatic heterocycles. The quantitative estimate of drug-likeness (QED) is 0.471. The molecule has 0 heterocycles. The summed E-state index contributed by atoms with van der Waals surface area (Å²) in [7, 11) is -2.99. The molecule has 0 aliphatic carbocycles. The summed E-state index contributed by atoms with van der Waals surface area (Å²) in [6.07, 6.45) is 0. The Morgan fingerprint density at radius 3 is 1.42 bits per heavy atom. The Morgan fingerprint density at radius 2 is 1.25 bits per heavy atom. The lowest BCUT2D eigenvalue weighted by molar-refractivity contribution is -0.0282. The van der Waals surface area contributed by atoms with Crippen LogP contribution in [0, 0.1) is 0 Å². The van der Waals surface area contributed by atoms with Crippen LogP contribution < -0.4 is 5.90 Å². The average Bonchev–Trinajstić information content (AvgIpc) is 2.06. The summed E-state index contributed by atoms with van der Waals surface area (Å²) in [4.78, 5) is 0. The third kappa shape index (κ3) is 3.61. The molecule has 0 saturated heterocycles. The van der Waals surface area contributed by atoms with Gasteiger partial charge in [0.1, 0.15) is 0 Å². The van der Waals surface area contributed by atoms with E-state index >= 15 is 0 Å². The van der Waals surface area contributed by atoms with Gasteiger partial charge in [-0.15, -0.1) is 0 Å². The maximum Gasteiger partial charge on any atom is 0.696 e. The SMILES string of the molecule is CCO[Si](ON)(OCC)OCC. The van der Waals surface area contributed by atoms with Crippen LogP contribution in [0.2, 0.25) is 0 Å². The van der Waals surface area contributed by atoms with Gasteiger partial charge < -0.3 is 13.3 Å². The van der Waals surface area contributed by atoms with E-state index in [-0.39, 0.29) is 0 Å². The van der Waals surface area contributed by atoms with Crippen LogP contribution in [0.25, 0.3) is 0 Å². The van der Waals surface area contributed by atoms with Crippen molar-refractivity contribution in [2.45, 2.75) is 20.8 Å². The molecule has 5 nitrogen and oxygen atoms in total. The van der Waals surface area contributed by atoms with Crippen LogP contribution in [-0.2, 0) is 17.8 Å². The zero-order valence-electron chi connectivity index (χ0n) is 7.83. The highest BCUT2D eigenvalue weighted by Crippen LogP contribution is 2.08. The first-order valence-corrected chi connectivity index (χ1v) is 5.67. The van der Waals surface area contributed by atoms with E-state index in [1.54, 1.807) is 0 Å². The number of hydrogen-bond acceptors (Lipinski definition) is 5. The first-order valence-electron chi connectivity index (χ1n) is 4.04. The van der Waals surface area contributed by atoms with Crippen molar-refractivity contribution in [2.75, 3.05) is 19.8 Å². The Kier molecular flexibility index (Phi) is 6.53. The van der Waals surface area contributed by atoms with Crippen molar-refractivity contribution < 1.29 is 17.8 Å². The van der Waals surface area contributed by atoms with Crippen LogP contribution in [0.5, 0.6) is 0 Å². The molecule has 0 fully saturated rings. The molecule has 0 spiro atoms. The molecule has 0 aromatic rings. The van der Waals surface area contributed by atoms with E-state index in [0.29, 0.717) is 19.8 Å². The lowest BCUT2D eigenvalue weighted by Crippen LogP contribution is -2.51. The van der Waals surface area contributed by atoms with E-state index < -0.39 is 9.05 Å². The average molecular weight is 195 g/mol. The Morgan fingerprint density at radius 1 is 0.917 bits per heavy atom. The van der Waals surface area contributed by atoms with Gasteiger partial charge in [0.15, 0.2) is 0 Å². The zero-order chi connectivity index (χ0) is 9.45.